The molecule has 0 fully saturated rings. The molecule has 0 aliphatic rings. The van der Waals surface area contributed by atoms with Crippen molar-refractivity contribution in [2.24, 2.45) is 5.92 Å². The van der Waals surface area contributed by atoms with Crippen LogP contribution in [0.4, 0.5) is 0 Å². The molecular formula is C14H18. The molecule has 0 amide bonds. The van der Waals surface area contributed by atoms with Gasteiger partial charge in [-0.05, 0) is 30.4 Å². The molecular weight excluding hydrogens is 168 g/mol. The van der Waals surface area contributed by atoms with Crippen molar-refractivity contribution in [3.8, 4) is 0 Å². The molecule has 0 heteroatoms. The molecule has 0 N–H and O–H groups in total. The quantitative estimate of drug-likeness (QED) is 0.615. The molecule has 0 heterocycles. The summed E-state index contributed by atoms with van der Waals surface area (Å²) >= 11 is 0. The van der Waals surface area contributed by atoms with Crippen LogP contribution in [0.15, 0.2) is 49.1 Å². The van der Waals surface area contributed by atoms with Crippen LogP contribution >= 0.6 is 0 Å². The van der Waals surface area contributed by atoms with Crippen molar-refractivity contribution in [1.82, 2.24) is 0 Å². The Morgan fingerprint density at radius 3 is 2.57 bits per heavy atom. The third-order valence-electron chi connectivity index (χ3n) is 2.43. The Hall–Kier alpha value is -1.30. The fraction of sp³-hybridized carbons (Fsp3) is 0.286. The van der Waals surface area contributed by atoms with Crippen LogP contribution < -0.4 is 0 Å². The van der Waals surface area contributed by atoms with Gasteiger partial charge in [-0.2, -0.15) is 0 Å². The summed E-state index contributed by atoms with van der Waals surface area (Å²) in [6.45, 7) is 8.12. The highest BCUT2D eigenvalue weighted by atomic mass is 14.0. The van der Waals surface area contributed by atoms with Crippen LogP contribution in [0.25, 0.3) is 5.57 Å². The van der Waals surface area contributed by atoms with Crippen molar-refractivity contribution in [3.05, 3.63) is 54.6 Å². The van der Waals surface area contributed by atoms with Gasteiger partial charge in [0.2, 0.25) is 0 Å². The summed E-state index contributed by atoms with van der Waals surface area (Å²) in [5.74, 6) is 0.564. The first kappa shape index (κ1) is 10.8. The molecule has 14 heavy (non-hydrogen) atoms. The highest BCUT2D eigenvalue weighted by Crippen LogP contribution is 2.15. The lowest BCUT2D eigenvalue weighted by Gasteiger charge is -2.03. The minimum Gasteiger partial charge on any atom is -0.103 e. The van der Waals surface area contributed by atoms with Crippen LogP contribution in [-0.4, -0.2) is 0 Å². The standard InChI is InChI=1S/C14H18/c1-4-12(2)10-11-13(3)14-8-6-5-7-9-14/h4-9,11-12H,1,10H2,2-3H3/b13-11+/t12-/m0/s1. The average molecular weight is 186 g/mol. The van der Waals surface area contributed by atoms with Crippen LogP contribution in [0.5, 0.6) is 0 Å². The van der Waals surface area contributed by atoms with Crippen molar-refractivity contribution < 1.29 is 0 Å². The second-order valence-corrected chi connectivity index (χ2v) is 3.70. The summed E-state index contributed by atoms with van der Waals surface area (Å²) in [5, 5.41) is 0. The summed E-state index contributed by atoms with van der Waals surface area (Å²) in [4.78, 5) is 0. The van der Waals surface area contributed by atoms with Gasteiger partial charge in [-0.3, -0.25) is 0 Å². The normalized spacial score (nSPS) is 13.7. The third kappa shape index (κ3) is 3.21. The second kappa shape index (κ2) is 5.43. The van der Waals surface area contributed by atoms with Gasteiger partial charge in [0.1, 0.15) is 0 Å². The first-order valence-corrected chi connectivity index (χ1v) is 5.08. The van der Waals surface area contributed by atoms with Gasteiger partial charge >= 0.3 is 0 Å². The molecule has 1 atom stereocenters. The molecule has 0 nitrogen and oxygen atoms in total. The lowest BCUT2D eigenvalue weighted by molar-refractivity contribution is 0.747. The second-order valence-electron chi connectivity index (χ2n) is 3.70. The van der Waals surface area contributed by atoms with Crippen molar-refractivity contribution in [2.75, 3.05) is 0 Å². The van der Waals surface area contributed by atoms with Gasteiger partial charge < -0.3 is 0 Å². The Kier molecular flexibility index (Phi) is 4.18. The Balaban J connectivity index is 2.66. The predicted molar refractivity (Wildman–Crippen MR) is 64.1 cm³/mol. The number of allylic oxidation sites excluding steroid dienone is 3. The van der Waals surface area contributed by atoms with E-state index in [1.54, 1.807) is 0 Å². The van der Waals surface area contributed by atoms with Crippen LogP contribution in [0.1, 0.15) is 25.8 Å². The van der Waals surface area contributed by atoms with Gasteiger partial charge in [-0.1, -0.05) is 49.4 Å². The van der Waals surface area contributed by atoms with E-state index >= 15 is 0 Å². The lowest BCUT2D eigenvalue weighted by atomic mass is 10.0. The first-order chi connectivity index (χ1) is 6.74. The molecule has 0 unspecified atom stereocenters. The molecule has 0 aliphatic heterocycles. The Morgan fingerprint density at radius 1 is 1.36 bits per heavy atom. The average Bonchev–Trinajstić information content (AvgIpc) is 2.26. The van der Waals surface area contributed by atoms with E-state index in [0.29, 0.717) is 5.92 Å². The van der Waals surface area contributed by atoms with Crippen molar-refractivity contribution in [2.45, 2.75) is 20.3 Å². The van der Waals surface area contributed by atoms with E-state index in [-0.39, 0.29) is 0 Å². The number of hydrogen-bond donors (Lipinski definition) is 0. The molecule has 1 rings (SSSR count). The van der Waals surface area contributed by atoms with Gasteiger partial charge in [-0.25, -0.2) is 0 Å². The number of hydrogen-bond acceptors (Lipinski definition) is 0. The van der Waals surface area contributed by atoms with Crippen LogP contribution in [0.3, 0.4) is 0 Å². The summed E-state index contributed by atoms with van der Waals surface area (Å²) in [7, 11) is 0. The van der Waals surface area contributed by atoms with E-state index in [9.17, 15) is 0 Å². The topological polar surface area (TPSA) is 0 Å². The fourth-order valence-corrected chi connectivity index (χ4v) is 1.28. The fourth-order valence-electron chi connectivity index (χ4n) is 1.28. The molecule has 0 spiro atoms. The molecule has 1 aromatic rings. The van der Waals surface area contributed by atoms with Crippen molar-refractivity contribution >= 4 is 5.57 Å². The Bertz CT molecular complexity index is 306. The van der Waals surface area contributed by atoms with Gasteiger partial charge in [0.05, 0.1) is 0 Å². The Labute approximate surface area is 87.0 Å². The molecule has 0 aromatic heterocycles. The summed E-state index contributed by atoms with van der Waals surface area (Å²) in [6, 6.07) is 10.5. The Morgan fingerprint density at radius 2 is 2.00 bits per heavy atom. The molecule has 0 radical (unpaired) electrons. The summed E-state index contributed by atoms with van der Waals surface area (Å²) < 4.78 is 0. The van der Waals surface area contributed by atoms with Gasteiger partial charge in [-0.15, -0.1) is 6.58 Å². The van der Waals surface area contributed by atoms with E-state index < -0.39 is 0 Å². The zero-order chi connectivity index (χ0) is 10.4. The van der Waals surface area contributed by atoms with E-state index in [1.165, 1.54) is 11.1 Å². The van der Waals surface area contributed by atoms with E-state index in [0.717, 1.165) is 6.42 Å². The van der Waals surface area contributed by atoms with Crippen molar-refractivity contribution in [3.63, 3.8) is 0 Å². The van der Waals surface area contributed by atoms with Gasteiger partial charge in [0.25, 0.3) is 0 Å². The third-order valence-corrected chi connectivity index (χ3v) is 2.43. The minimum atomic E-state index is 0.564. The lowest BCUT2D eigenvalue weighted by Crippen LogP contribution is -1.86. The number of benzene rings is 1. The number of rotatable bonds is 4. The molecule has 0 aliphatic carbocycles. The van der Waals surface area contributed by atoms with E-state index in [4.69, 9.17) is 0 Å². The minimum absolute atomic E-state index is 0.564. The summed E-state index contributed by atoms with van der Waals surface area (Å²) in [6.07, 6.45) is 5.35. The highest BCUT2D eigenvalue weighted by molar-refractivity contribution is 5.63. The maximum atomic E-state index is 3.78. The zero-order valence-electron chi connectivity index (χ0n) is 9.03. The monoisotopic (exact) mass is 186 g/mol. The maximum Gasteiger partial charge on any atom is -0.0230 e. The molecule has 1 aromatic carbocycles. The molecule has 0 saturated heterocycles. The zero-order valence-corrected chi connectivity index (χ0v) is 9.03. The van der Waals surface area contributed by atoms with E-state index in [1.807, 2.05) is 12.1 Å². The predicted octanol–water partition coefficient (Wildman–Crippen LogP) is 4.30. The molecule has 0 saturated carbocycles. The largest absolute Gasteiger partial charge is 0.103 e. The van der Waals surface area contributed by atoms with E-state index in [2.05, 4.69) is 50.8 Å². The van der Waals surface area contributed by atoms with Gasteiger partial charge in [0.15, 0.2) is 0 Å². The van der Waals surface area contributed by atoms with Crippen LogP contribution in [0.2, 0.25) is 0 Å². The smallest absolute Gasteiger partial charge is 0.0230 e. The maximum absolute atomic E-state index is 3.78. The first-order valence-electron chi connectivity index (χ1n) is 5.08. The molecule has 0 bridgehead atoms. The highest BCUT2D eigenvalue weighted by Gasteiger charge is 1.95. The summed E-state index contributed by atoms with van der Waals surface area (Å²) in [5.41, 5.74) is 2.66. The van der Waals surface area contributed by atoms with Crippen LogP contribution in [-0.2, 0) is 0 Å². The van der Waals surface area contributed by atoms with Crippen molar-refractivity contribution in [1.29, 1.82) is 0 Å². The molecule has 74 valence electrons. The van der Waals surface area contributed by atoms with Gasteiger partial charge in [0, 0.05) is 0 Å². The SMILES string of the molecule is C=C[C@H](C)C/C=C(\C)c1ccccc1. The van der Waals surface area contributed by atoms with Crippen LogP contribution in [0, 0.1) is 5.92 Å².